The van der Waals surface area contributed by atoms with Crippen LogP contribution in [0.5, 0.6) is 5.88 Å². The Morgan fingerprint density at radius 3 is 2.67 bits per heavy atom. The summed E-state index contributed by atoms with van der Waals surface area (Å²) in [5, 5.41) is 12.6. The first kappa shape index (κ1) is 17.8. The number of aromatic nitrogens is 3. The van der Waals surface area contributed by atoms with Crippen molar-refractivity contribution in [3.63, 3.8) is 0 Å². The highest BCUT2D eigenvalue weighted by Crippen LogP contribution is 2.30. The second-order valence-corrected chi connectivity index (χ2v) is 7.58. The lowest BCUT2D eigenvalue weighted by Crippen LogP contribution is -2.18. The van der Waals surface area contributed by atoms with Gasteiger partial charge in [0.1, 0.15) is 5.82 Å². The Labute approximate surface area is 159 Å². The summed E-state index contributed by atoms with van der Waals surface area (Å²) in [5.41, 5.74) is 2.33. The maximum atomic E-state index is 5.99. The third kappa shape index (κ3) is 4.22. The Bertz CT molecular complexity index is 927. The molecule has 0 aliphatic carbocycles. The zero-order chi connectivity index (χ0) is 18.8. The van der Waals surface area contributed by atoms with E-state index in [-0.39, 0.29) is 6.10 Å². The van der Waals surface area contributed by atoms with Crippen molar-refractivity contribution in [2.24, 2.45) is 0 Å². The van der Waals surface area contributed by atoms with Crippen LogP contribution in [0.1, 0.15) is 37.9 Å². The summed E-state index contributed by atoms with van der Waals surface area (Å²) < 4.78 is 5.99. The summed E-state index contributed by atoms with van der Waals surface area (Å²) in [4.78, 5) is 7.19. The fourth-order valence-electron chi connectivity index (χ4n) is 3.56. The first-order valence-corrected chi connectivity index (χ1v) is 9.68. The van der Waals surface area contributed by atoms with E-state index >= 15 is 0 Å². The summed E-state index contributed by atoms with van der Waals surface area (Å²) in [6.07, 6.45) is 2.68. The Balaban J connectivity index is 1.69. The zero-order valence-electron chi connectivity index (χ0n) is 16.2. The highest BCUT2D eigenvalue weighted by Gasteiger charge is 2.14. The van der Waals surface area contributed by atoms with Gasteiger partial charge in [0.05, 0.1) is 6.10 Å². The van der Waals surface area contributed by atoms with Crippen LogP contribution in [-0.2, 0) is 6.54 Å². The van der Waals surface area contributed by atoms with E-state index < -0.39 is 0 Å². The van der Waals surface area contributed by atoms with Crippen LogP contribution >= 0.6 is 0 Å². The van der Waals surface area contributed by atoms with Gasteiger partial charge in [-0.2, -0.15) is 10.1 Å². The van der Waals surface area contributed by atoms with Gasteiger partial charge in [-0.1, -0.05) is 6.07 Å². The molecule has 0 bridgehead atoms. The molecule has 1 aromatic carbocycles. The Morgan fingerprint density at radius 1 is 1.15 bits per heavy atom. The summed E-state index contributed by atoms with van der Waals surface area (Å²) in [6.45, 7) is 9.41. The molecular formula is C21H27N5O. The van der Waals surface area contributed by atoms with Crippen LogP contribution in [0.15, 0.2) is 30.3 Å². The van der Waals surface area contributed by atoms with Gasteiger partial charge in [-0.3, -0.25) is 10.00 Å². The van der Waals surface area contributed by atoms with E-state index in [1.807, 2.05) is 26.8 Å². The fourth-order valence-corrected chi connectivity index (χ4v) is 3.56. The molecule has 2 aromatic heterocycles. The van der Waals surface area contributed by atoms with Crippen molar-refractivity contribution in [2.45, 2.75) is 46.3 Å². The molecule has 3 heterocycles. The molecule has 1 aliphatic rings. The molecule has 0 unspecified atom stereocenters. The van der Waals surface area contributed by atoms with Crippen LogP contribution in [-0.4, -0.2) is 39.3 Å². The first-order valence-electron chi connectivity index (χ1n) is 9.68. The van der Waals surface area contributed by atoms with E-state index in [0.29, 0.717) is 5.88 Å². The molecular weight excluding hydrogens is 338 g/mol. The number of pyridine rings is 1. The first-order chi connectivity index (χ1) is 13.1. The summed E-state index contributed by atoms with van der Waals surface area (Å²) in [6, 6.07) is 10.6. The molecule has 142 valence electrons. The minimum atomic E-state index is 0.0628. The fraction of sp³-hybridized carbons (Fsp3) is 0.429. The van der Waals surface area contributed by atoms with Crippen molar-refractivity contribution in [1.29, 1.82) is 0 Å². The Hall–Kier alpha value is -2.60. The number of likely N-dealkylation sites (tertiary alicyclic amines) is 1. The van der Waals surface area contributed by atoms with E-state index in [0.717, 1.165) is 34.6 Å². The summed E-state index contributed by atoms with van der Waals surface area (Å²) >= 11 is 0. The van der Waals surface area contributed by atoms with Crippen molar-refractivity contribution in [1.82, 2.24) is 20.1 Å². The van der Waals surface area contributed by atoms with Gasteiger partial charge in [-0.25, -0.2) is 0 Å². The van der Waals surface area contributed by atoms with E-state index in [4.69, 9.17) is 4.74 Å². The van der Waals surface area contributed by atoms with Crippen LogP contribution in [0.4, 0.5) is 11.6 Å². The van der Waals surface area contributed by atoms with E-state index in [2.05, 4.69) is 49.7 Å². The van der Waals surface area contributed by atoms with Gasteiger partial charge in [-0.05, 0) is 75.9 Å². The second kappa shape index (κ2) is 7.56. The molecule has 4 rings (SSSR count). The second-order valence-electron chi connectivity index (χ2n) is 7.58. The van der Waals surface area contributed by atoms with Gasteiger partial charge >= 0.3 is 0 Å². The standard InChI is InChI=1S/C21H27N5O/c1-14(2)27-21-18-7-6-16(13-26-8-4-5-9-26)11-17(18)12-19(23-21)22-20-10-15(3)24-25-20/h6-7,10-12,14H,4-5,8-9,13H2,1-3H3,(H2,22,23,24,25). The van der Waals surface area contributed by atoms with Gasteiger partial charge < -0.3 is 10.1 Å². The van der Waals surface area contributed by atoms with Gasteiger partial charge in [0.2, 0.25) is 5.88 Å². The predicted molar refractivity (Wildman–Crippen MR) is 109 cm³/mol. The minimum Gasteiger partial charge on any atom is -0.474 e. The molecule has 3 aromatic rings. The van der Waals surface area contributed by atoms with Crippen LogP contribution < -0.4 is 10.1 Å². The van der Waals surface area contributed by atoms with Crippen LogP contribution in [0.2, 0.25) is 0 Å². The lowest BCUT2D eigenvalue weighted by atomic mass is 10.1. The molecule has 1 aliphatic heterocycles. The highest BCUT2D eigenvalue weighted by molar-refractivity contribution is 5.90. The maximum Gasteiger partial charge on any atom is 0.223 e. The summed E-state index contributed by atoms with van der Waals surface area (Å²) in [7, 11) is 0. The molecule has 2 N–H and O–H groups in total. The highest BCUT2D eigenvalue weighted by atomic mass is 16.5. The van der Waals surface area contributed by atoms with Crippen molar-refractivity contribution in [3.8, 4) is 5.88 Å². The van der Waals surface area contributed by atoms with Gasteiger partial charge in [-0.15, -0.1) is 0 Å². The molecule has 0 spiro atoms. The van der Waals surface area contributed by atoms with Crippen molar-refractivity contribution >= 4 is 22.4 Å². The van der Waals surface area contributed by atoms with E-state index in [1.54, 1.807) is 0 Å². The number of H-pyrrole nitrogens is 1. The number of anilines is 2. The number of fused-ring (bicyclic) bond motifs is 1. The lowest BCUT2D eigenvalue weighted by molar-refractivity contribution is 0.236. The molecule has 6 heteroatoms. The van der Waals surface area contributed by atoms with Crippen LogP contribution in [0.3, 0.4) is 0 Å². The van der Waals surface area contributed by atoms with Crippen molar-refractivity contribution in [3.05, 3.63) is 41.6 Å². The van der Waals surface area contributed by atoms with Crippen LogP contribution in [0, 0.1) is 6.92 Å². The number of nitrogens with zero attached hydrogens (tertiary/aromatic N) is 3. The molecule has 27 heavy (non-hydrogen) atoms. The number of aromatic amines is 1. The molecule has 6 nitrogen and oxygen atoms in total. The largest absolute Gasteiger partial charge is 0.474 e. The van der Waals surface area contributed by atoms with Crippen LogP contribution in [0.25, 0.3) is 10.8 Å². The molecule has 0 amide bonds. The number of nitrogens with one attached hydrogen (secondary N) is 2. The van der Waals surface area contributed by atoms with E-state index in [1.165, 1.54) is 31.5 Å². The number of benzene rings is 1. The lowest BCUT2D eigenvalue weighted by Gasteiger charge is -2.17. The van der Waals surface area contributed by atoms with Gasteiger partial charge in [0.25, 0.3) is 0 Å². The third-order valence-electron chi connectivity index (χ3n) is 4.77. The number of aryl methyl sites for hydroxylation is 1. The molecule has 0 atom stereocenters. The topological polar surface area (TPSA) is 66.1 Å². The number of ether oxygens (including phenoxy) is 1. The maximum absolute atomic E-state index is 5.99. The third-order valence-corrected chi connectivity index (χ3v) is 4.77. The molecule has 0 saturated carbocycles. The normalized spacial score (nSPS) is 15.0. The van der Waals surface area contributed by atoms with Crippen molar-refractivity contribution < 1.29 is 4.74 Å². The smallest absolute Gasteiger partial charge is 0.223 e. The SMILES string of the molecule is Cc1cc(Nc2cc3cc(CN4CCCC4)ccc3c(OC(C)C)n2)n[nH]1. The monoisotopic (exact) mass is 365 g/mol. The van der Waals surface area contributed by atoms with Crippen molar-refractivity contribution in [2.75, 3.05) is 18.4 Å². The van der Waals surface area contributed by atoms with E-state index in [9.17, 15) is 0 Å². The molecule has 0 radical (unpaired) electrons. The number of rotatable bonds is 6. The van der Waals surface area contributed by atoms with Gasteiger partial charge in [0.15, 0.2) is 5.82 Å². The molecule has 1 fully saturated rings. The zero-order valence-corrected chi connectivity index (χ0v) is 16.2. The quantitative estimate of drug-likeness (QED) is 0.678. The Kier molecular flexibility index (Phi) is 4.99. The average molecular weight is 365 g/mol. The number of hydrogen-bond acceptors (Lipinski definition) is 5. The average Bonchev–Trinajstić information content (AvgIpc) is 3.26. The summed E-state index contributed by atoms with van der Waals surface area (Å²) in [5.74, 6) is 2.15. The number of hydrogen-bond donors (Lipinski definition) is 2. The minimum absolute atomic E-state index is 0.0628. The predicted octanol–water partition coefficient (Wildman–Crippen LogP) is 4.39. The Morgan fingerprint density at radius 2 is 1.96 bits per heavy atom. The van der Waals surface area contributed by atoms with Gasteiger partial charge in [0, 0.05) is 23.7 Å². The molecule has 1 saturated heterocycles.